The molecule has 5 heteroatoms. The lowest BCUT2D eigenvalue weighted by Crippen LogP contribution is -2.42. The topological polar surface area (TPSA) is 65.7 Å². The number of nitrogens with zero attached hydrogens (tertiary/aromatic N) is 2. The summed E-state index contributed by atoms with van der Waals surface area (Å²) in [7, 11) is 4.18. The second-order valence-corrected chi connectivity index (χ2v) is 4.66. The van der Waals surface area contributed by atoms with Crippen molar-refractivity contribution in [2.75, 3.05) is 33.7 Å². The molecule has 96 valence electrons. The van der Waals surface area contributed by atoms with Gasteiger partial charge in [0.25, 0.3) is 0 Å². The number of hydrogen-bond acceptors (Lipinski definition) is 3. The summed E-state index contributed by atoms with van der Waals surface area (Å²) < 4.78 is 0. The Balaban J connectivity index is 3.59. The number of nitrogens with two attached hydrogens (primary N) is 1. The fraction of sp³-hybridized carbons (Fsp3) is 0.909. The average Bonchev–Trinajstić information content (AvgIpc) is 2.21. The lowest BCUT2D eigenvalue weighted by Gasteiger charge is -2.11. The van der Waals surface area contributed by atoms with Crippen LogP contribution in [0.3, 0.4) is 0 Å². The van der Waals surface area contributed by atoms with Crippen LogP contribution in [0.5, 0.6) is 0 Å². The predicted molar refractivity (Wildman–Crippen MR) is 70.3 cm³/mol. The quantitative estimate of drug-likeness (QED) is 0.194. The zero-order valence-electron chi connectivity index (χ0n) is 11.1. The van der Waals surface area contributed by atoms with Crippen molar-refractivity contribution >= 4 is 5.96 Å². The molecule has 0 atom stereocenters. The maximum absolute atomic E-state index is 5.37. The molecule has 0 amide bonds. The summed E-state index contributed by atoms with van der Waals surface area (Å²) in [6, 6.07) is 0. The van der Waals surface area contributed by atoms with Gasteiger partial charge in [-0.05, 0) is 39.4 Å². The molecule has 0 saturated carbocycles. The normalized spacial score (nSPS) is 12.3. The Morgan fingerprint density at radius 2 is 2.00 bits per heavy atom. The van der Waals surface area contributed by atoms with E-state index in [2.05, 4.69) is 48.6 Å². The third kappa shape index (κ3) is 9.73. The Bertz CT molecular complexity index is 189. The van der Waals surface area contributed by atoms with Gasteiger partial charge < -0.3 is 10.2 Å². The van der Waals surface area contributed by atoms with Crippen LogP contribution in [0.2, 0.25) is 0 Å². The summed E-state index contributed by atoms with van der Waals surface area (Å²) in [5, 5.41) is 3.19. The van der Waals surface area contributed by atoms with Gasteiger partial charge in [0.1, 0.15) is 0 Å². The molecule has 0 spiro atoms. The number of guanidine groups is 1. The van der Waals surface area contributed by atoms with E-state index in [1.54, 1.807) is 0 Å². The van der Waals surface area contributed by atoms with Gasteiger partial charge >= 0.3 is 0 Å². The van der Waals surface area contributed by atoms with Crippen LogP contribution in [-0.2, 0) is 0 Å². The van der Waals surface area contributed by atoms with Gasteiger partial charge in [0.2, 0.25) is 5.96 Å². The van der Waals surface area contributed by atoms with Gasteiger partial charge in [0.15, 0.2) is 0 Å². The standard InChI is InChI=1S/C11H27N5/c1-10(2)9-14-11(15-12)13-7-5-6-8-16(3)4/h10H,5-9,12H2,1-4H3,(H2,13,14,15). The van der Waals surface area contributed by atoms with Crippen LogP contribution < -0.4 is 16.6 Å². The molecule has 0 unspecified atom stereocenters. The SMILES string of the molecule is CC(C)CN=C(NN)NCCCCN(C)C. The van der Waals surface area contributed by atoms with Gasteiger partial charge in [-0.1, -0.05) is 13.8 Å². The maximum atomic E-state index is 5.37. The van der Waals surface area contributed by atoms with Crippen LogP contribution in [0.15, 0.2) is 4.99 Å². The summed E-state index contributed by atoms with van der Waals surface area (Å²) in [6.45, 7) is 7.10. The second-order valence-electron chi connectivity index (χ2n) is 4.66. The van der Waals surface area contributed by atoms with Crippen molar-refractivity contribution in [3.8, 4) is 0 Å². The van der Waals surface area contributed by atoms with Crippen LogP contribution in [-0.4, -0.2) is 44.6 Å². The molecule has 0 aromatic carbocycles. The summed E-state index contributed by atoms with van der Waals surface area (Å²) in [4.78, 5) is 6.52. The van der Waals surface area contributed by atoms with Crippen molar-refractivity contribution < 1.29 is 0 Å². The molecule has 0 aliphatic carbocycles. The maximum Gasteiger partial charge on any atom is 0.205 e. The fourth-order valence-electron chi connectivity index (χ4n) is 1.19. The Morgan fingerprint density at radius 3 is 2.50 bits per heavy atom. The van der Waals surface area contributed by atoms with Gasteiger partial charge in [0.05, 0.1) is 0 Å². The Labute approximate surface area is 99.5 Å². The van der Waals surface area contributed by atoms with Crippen molar-refractivity contribution in [1.29, 1.82) is 0 Å². The van der Waals surface area contributed by atoms with Crippen LogP contribution in [0.4, 0.5) is 0 Å². The Morgan fingerprint density at radius 1 is 1.31 bits per heavy atom. The van der Waals surface area contributed by atoms with Crippen LogP contribution >= 0.6 is 0 Å². The molecule has 4 N–H and O–H groups in total. The van der Waals surface area contributed by atoms with Gasteiger partial charge in [-0.25, -0.2) is 5.84 Å². The zero-order valence-corrected chi connectivity index (χ0v) is 11.1. The minimum atomic E-state index is 0.555. The molecule has 0 aliphatic rings. The molecule has 0 aromatic heterocycles. The molecule has 0 aromatic rings. The number of hydrogen-bond donors (Lipinski definition) is 3. The van der Waals surface area contributed by atoms with Crippen molar-refractivity contribution in [2.24, 2.45) is 16.8 Å². The first-order chi connectivity index (χ1) is 7.56. The molecular weight excluding hydrogens is 202 g/mol. The highest BCUT2D eigenvalue weighted by Gasteiger charge is 1.97. The first kappa shape index (κ1) is 15.2. The molecular formula is C11H27N5. The highest BCUT2D eigenvalue weighted by Crippen LogP contribution is 1.92. The smallest absolute Gasteiger partial charge is 0.205 e. The number of hydrazine groups is 1. The van der Waals surface area contributed by atoms with E-state index >= 15 is 0 Å². The molecule has 16 heavy (non-hydrogen) atoms. The summed E-state index contributed by atoms with van der Waals surface area (Å²) in [5.41, 5.74) is 2.59. The largest absolute Gasteiger partial charge is 0.355 e. The van der Waals surface area contributed by atoms with E-state index in [9.17, 15) is 0 Å². The van der Waals surface area contributed by atoms with E-state index in [0.717, 1.165) is 26.1 Å². The molecule has 5 nitrogen and oxygen atoms in total. The van der Waals surface area contributed by atoms with Crippen LogP contribution in [0.1, 0.15) is 26.7 Å². The zero-order chi connectivity index (χ0) is 12.4. The lowest BCUT2D eigenvalue weighted by atomic mass is 10.2. The highest BCUT2D eigenvalue weighted by molar-refractivity contribution is 5.79. The molecule has 0 aliphatic heterocycles. The lowest BCUT2D eigenvalue weighted by molar-refractivity contribution is 0.394. The summed E-state index contributed by atoms with van der Waals surface area (Å²) in [6.07, 6.45) is 2.31. The second kappa shape index (κ2) is 9.42. The van der Waals surface area contributed by atoms with Crippen LogP contribution in [0, 0.1) is 5.92 Å². The van der Waals surface area contributed by atoms with Crippen LogP contribution in [0.25, 0.3) is 0 Å². The van der Waals surface area contributed by atoms with E-state index in [0.29, 0.717) is 11.9 Å². The van der Waals surface area contributed by atoms with Gasteiger partial charge in [-0.3, -0.25) is 10.4 Å². The predicted octanol–water partition coefficient (Wildman–Crippen LogP) is 0.393. The first-order valence-electron chi connectivity index (χ1n) is 5.96. The van der Waals surface area contributed by atoms with E-state index < -0.39 is 0 Å². The molecule has 0 bridgehead atoms. The summed E-state index contributed by atoms with van der Waals surface area (Å²) in [5.74, 6) is 6.62. The molecule has 0 radical (unpaired) electrons. The monoisotopic (exact) mass is 229 g/mol. The molecule has 0 saturated heterocycles. The first-order valence-corrected chi connectivity index (χ1v) is 5.96. The van der Waals surface area contributed by atoms with Gasteiger partial charge in [0, 0.05) is 13.1 Å². The van der Waals surface area contributed by atoms with Crippen molar-refractivity contribution in [3.05, 3.63) is 0 Å². The van der Waals surface area contributed by atoms with E-state index in [1.165, 1.54) is 6.42 Å². The van der Waals surface area contributed by atoms with E-state index in [-0.39, 0.29) is 0 Å². The number of rotatable bonds is 7. The van der Waals surface area contributed by atoms with Gasteiger partial charge in [-0.2, -0.15) is 0 Å². The average molecular weight is 229 g/mol. The number of nitrogens with one attached hydrogen (secondary N) is 2. The Kier molecular flexibility index (Phi) is 8.94. The Hall–Kier alpha value is -0.810. The van der Waals surface area contributed by atoms with Gasteiger partial charge in [-0.15, -0.1) is 0 Å². The summed E-state index contributed by atoms with van der Waals surface area (Å²) >= 11 is 0. The van der Waals surface area contributed by atoms with Crippen molar-refractivity contribution in [1.82, 2.24) is 15.6 Å². The van der Waals surface area contributed by atoms with E-state index in [4.69, 9.17) is 5.84 Å². The molecule has 0 rings (SSSR count). The van der Waals surface area contributed by atoms with E-state index in [1.807, 2.05) is 0 Å². The molecule has 0 heterocycles. The fourth-order valence-corrected chi connectivity index (χ4v) is 1.19. The minimum Gasteiger partial charge on any atom is -0.355 e. The third-order valence-corrected chi connectivity index (χ3v) is 2.08. The highest BCUT2D eigenvalue weighted by atomic mass is 15.3. The van der Waals surface area contributed by atoms with Crippen molar-refractivity contribution in [3.63, 3.8) is 0 Å². The number of unbranched alkanes of at least 4 members (excludes halogenated alkanes) is 1. The number of aliphatic imine (C=N–C) groups is 1. The minimum absolute atomic E-state index is 0.555. The molecule has 0 fully saturated rings. The van der Waals surface area contributed by atoms with Crippen molar-refractivity contribution in [2.45, 2.75) is 26.7 Å². The third-order valence-electron chi connectivity index (χ3n) is 2.08.